The normalized spacial score (nSPS) is 15.6. The van der Waals surface area contributed by atoms with Crippen LogP contribution in [0.2, 0.25) is 0 Å². The number of fused-ring (bicyclic) bond motifs is 2. The van der Waals surface area contributed by atoms with Gasteiger partial charge in [-0.3, -0.25) is 4.79 Å². The van der Waals surface area contributed by atoms with E-state index < -0.39 is 0 Å². The number of carbonyl (C=O) groups is 1. The Morgan fingerprint density at radius 3 is 2.84 bits per heavy atom. The highest BCUT2D eigenvalue weighted by atomic mass is 16.5. The largest absolute Gasteiger partial charge is 0.378 e. The highest BCUT2D eigenvalue weighted by Gasteiger charge is 2.19. The summed E-state index contributed by atoms with van der Waals surface area (Å²) in [6.45, 7) is 3.14. The molecule has 3 aromatic heterocycles. The standard InChI is InChI=1S/C23H21N7O2/c31-21-12-16-2-1-15(11-18(16)27-21)19-14-30-6-5-24-23(30)22(28-19)26-17-3-4-20(25-13-17)29-7-9-32-10-8-29/h1-6,11,13-14H,7-10,12H2,(H,26,28)(H,27,31). The number of pyridine rings is 1. The van der Waals surface area contributed by atoms with E-state index >= 15 is 0 Å². The minimum Gasteiger partial charge on any atom is -0.378 e. The molecule has 5 heterocycles. The molecule has 2 aliphatic rings. The second-order valence-corrected chi connectivity index (χ2v) is 7.86. The molecule has 1 saturated heterocycles. The van der Waals surface area contributed by atoms with E-state index in [2.05, 4.69) is 25.5 Å². The van der Waals surface area contributed by atoms with Crippen molar-refractivity contribution in [1.29, 1.82) is 0 Å². The Bertz CT molecular complexity index is 1310. The molecule has 0 radical (unpaired) electrons. The van der Waals surface area contributed by atoms with Crippen LogP contribution in [0, 0.1) is 0 Å². The SMILES string of the molecule is O=C1Cc2ccc(-c3cn4ccnc4c(Nc4ccc(N5CCOCC5)nc4)n3)cc2N1. The summed E-state index contributed by atoms with van der Waals surface area (Å²) in [6.07, 6.45) is 7.80. The predicted molar refractivity (Wildman–Crippen MR) is 121 cm³/mol. The number of amides is 1. The number of carbonyl (C=O) groups excluding carboxylic acids is 1. The van der Waals surface area contributed by atoms with Crippen molar-refractivity contribution >= 4 is 34.6 Å². The van der Waals surface area contributed by atoms with Crippen LogP contribution in [-0.2, 0) is 16.0 Å². The van der Waals surface area contributed by atoms with Crippen LogP contribution in [0.3, 0.4) is 0 Å². The average Bonchev–Trinajstić information content (AvgIpc) is 3.45. The van der Waals surface area contributed by atoms with Crippen molar-refractivity contribution in [2.75, 3.05) is 41.8 Å². The molecule has 9 nitrogen and oxygen atoms in total. The number of rotatable bonds is 4. The Morgan fingerprint density at radius 1 is 1.09 bits per heavy atom. The van der Waals surface area contributed by atoms with Gasteiger partial charge in [0.2, 0.25) is 5.91 Å². The van der Waals surface area contributed by atoms with Crippen molar-refractivity contribution in [3.05, 3.63) is 60.7 Å². The quantitative estimate of drug-likeness (QED) is 0.517. The zero-order valence-corrected chi connectivity index (χ0v) is 17.3. The molecule has 0 unspecified atom stereocenters. The fourth-order valence-electron chi connectivity index (χ4n) is 4.10. The number of hydrogen-bond acceptors (Lipinski definition) is 7. The molecule has 1 fully saturated rings. The van der Waals surface area contributed by atoms with Crippen LogP contribution in [0.1, 0.15) is 5.56 Å². The van der Waals surface area contributed by atoms with Gasteiger partial charge in [0.15, 0.2) is 11.5 Å². The lowest BCUT2D eigenvalue weighted by Gasteiger charge is -2.27. The summed E-state index contributed by atoms with van der Waals surface area (Å²) < 4.78 is 7.35. The molecule has 1 aromatic carbocycles. The Kier molecular flexibility index (Phi) is 4.46. The van der Waals surface area contributed by atoms with Crippen molar-refractivity contribution in [2.24, 2.45) is 0 Å². The maximum Gasteiger partial charge on any atom is 0.228 e. The molecule has 0 saturated carbocycles. The third-order valence-corrected chi connectivity index (χ3v) is 5.75. The van der Waals surface area contributed by atoms with Crippen LogP contribution in [0.4, 0.5) is 23.0 Å². The summed E-state index contributed by atoms with van der Waals surface area (Å²) in [5, 5.41) is 6.27. The van der Waals surface area contributed by atoms with Gasteiger partial charge >= 0.3 is 0 Å². The summed E-state index contributed by atoms with van der Waals surface area (Å²) in [5.41, 5.74) is 5.10. The fourth-order valence-corrected chi connectivity index (χ4v) is 4.10. The summed E-state index contributed by atoms with van der Waals surface area (Å²) in [5.74, 6) is 1.59. The number of morpholine rings is 1. The Morgan fingerprint density at radius 2 is 2.00 bits per heavy atom. The first-order valence-corrected chi connectivity index (χ1v) is 10.6. The molecule has 9 heteroatoms. The van der Waals surface area contributed by atoms with Gasteiger partial charge < -0.3 is 24.7 Å². The maximum absolute atomic E-state index is 11.7. The first-order chi connectivity index (χ1) is 15.7. The molecule has 160 valence electrons. The second-order valence-electron chi connectivity index (χ2n) is 7.86. The van der Waals surface area contributed by atoms with Crippen LogP contribution < -0.4 is 15.5 Å². The first-order valence-electron chi connectivity index (χ1n) is 10.6. The molecule has 32 heavy (non-hydrogen) atoms. The number of anilines is 4. The Balaban J connectivity index is 1.31. The minimum absolute atomic E-state index is 0.0190. The van der Waals surface area contributed by atoms with Gasteiger partial charge in [0.05, 0.1) is 37.2 Å². The van der Waals surface area contributed by atoms with Gasteiger partial charge in [0.1, 0.15) is 5.82 Å². The molecule has 0 bridgehead atoms. The van der Waals surface area contributed by atoms with Crippen molar-refractivity contribution in [1.82, 2.24) is 19.4 Å². The highest BCUT2D eigenvalue weighted by molar-refractivity contribution is 5.99. The molecule has 4 aromatic rings. The van der Waals surface area contributed by atoms with E-state index in [-0.39, 0.29) is 5.91 Å². The van der Waals surface area contributed by atoms with Gasteiger partial charge in [-0.15, -0.1) is 0 Å². The number of nitrogens with zero attached hydrogens (tertiary/aromatic N) is 5. The van der Waals surface area contributed by atoms with E-state index in [0.29, 0.717) is 12.2 Å². The van der Waals surface area contributed by atoms with Crippen LogP contribution in [0.25, 0.3) is 16.9 Å². The van der Waals surface area contributed by atoms with Crippen molar-refractivity contribution in [2.45, 2.75) is 6.42 Å². The molecule has 2 aliphatic heterocycles. The molecule has 1 amide bonds. The van der Waals surface area contributed by atoms with E-state index in [0.717, 1.165) is 66.0 Å². The zero-order chi connectivity index (χ0) is 21.5. The van der Waals surface area contributed by atoms with E-state index in [9.17, 15) is 4.79 Å². The summed E-state index contributed by atoms with van der Waals surface area (Å²) >= 11 is 0. The first kappa shape index (κ1) is 18.8. The van der Waals surface area contributed by atoms with Crippen molar-refractivity contribution in [3.8, 4) is 11.3 Å². The number of nitrogens with one attached hydrogen (secondary N) is 2. The fraction of sp³-hybridized carbons (Fsp3) is 0.217. The lowest BCUT2D eigenvalue weighted by molar-refractivity contribution is -0.115. The van der Waals surface area contributed by atoms with Crippen LogP contribution in [0.15, 0.2) is 55.1 Å². The van der Waals surface area contributed by atoms with E-state index in [1.165, 1.54) is 0 Å². The molecule has 2 N–H and O–H groups in total. The summed E-state index contributed by atoms with van der Waals surface area (Å²) in [4.78, 5) is 27.8. The predicted octanol–water partition coefficient (Wildman–Crippen LogP) is 2.87. The third kappa shape index (κ3) is 3.42. The number of imidazole rings is 1. The van der Waals surface area contributed by atoms with Gasteiger partial charge in [0.25, 0.3) is 0 Å². The number of ether oxygens (including phenoxy) is 1. The van der Waals surface area contributed by atoms with Crippen LogP contribution >= 0.6 is 0 Å². The minimum atomic E-state index is 0.0190. The number of aromatic nitrogens is 4. The topological polar surface area (TPSA) is 96.7 Å². The van der Waals surface area contributed by atoms with Gasteiger partial charge in [-0.1, -0.05) is 12.1 Å². The van der Waals surface area contributed by atoms with E-state index in [1.54, 1.807) is 6.20 Å². The van der Waals surface area contributed by atoms with E-state index in [4.69, 9.17) is 9.72 Å². The maximum atomic E-state index is 11.7. The van der Waals surface area contributed by atoms with Gasteiger partial charge in [0, 0.05) is 42.9 Å². The Hall–Kier alpha value is -3.98. The highest BCUT2D eigenvalue weighted by Crippen LogP contribution is 2.30. The second kappa shape index (κ2) is 7.61. The Labute approximate surface area is 184 Å². The molecule has 6 rings (SSSR count). The molecule has 0 aliphatic carbocycles. The molecule has 0 spiro atoms. The van der Waals surface area contributed by atoms with E-state index in [1.807, 2.05) is 53.3 Å². The van der Waals surface area contributed by atoms with Crippen LogP contribution in [0.5, 0.6) is 0 Å². The number of hydrogen-bond donors (Lipinski definition) is 2. The lowest BCUT2D eigenvalue weighted by atomic mass is 10.1. The third-order valence-electron chi connectivity index (χ3n) is 5.75. The van der Waals surface area contributed by atoms with Crippen molar-refractivity contribution in [3.63, 3.8) is 0 Å². The summed E-state index contributed by atoms with van der Waals surface area (Å²) in [6, 6.07) is 9.93. The smallest absolute Gasteiger partial charge is 0.228 e. The molecular weight excluding hydrogens is 406 g/mol. The zero-order valence-electron chi connectivity index (χ0n) is 17.3. The van der Waals surface area contributed by atoms with Crippen LogP contribution in [-0.4, -0.2) is 51.6 Å². The lowest BCUT2D eigenvalue weighted by Crippen LogP contribution is -2.36. The average molecular weight is 427 g/mol. The monoisotopic (exact) mass is 427 g/mol. The molecule has 0 atom stereocenters. The van der Waals surface area contributed by atoms with Gasteiger partial charge in [-0.25, -0.2) is 15.0 Å². The summed E-state index contributed by atoms with van der Waals surface area (Å²) in [7, 11) is 0. The van der Waals surface area contributed by atoms with Gasteiger partial charge in [-0.05, 0) is 23.8 Å². The van der Waals surface area contributed by atoms with Gasteiger partial charge in [-0.2, -0.15) is 0 Å². The molecular formula is C23H21N7O2. The van der Waals surface area contributed by atoms with Crippen molar-refractivity contribution < 1.29 is 9.53 Å². The number of benzene rings is 1.